The van der Waals surface area contributed by atoms with Gasteiger partial charge in [0.25, 0.3) is 0 Å². The van der Waals surface area contributed by atoms with Crippen LogP contribution < -0.4 is 0 Å². The molecule has 0 saturated carbocycles. The minimum Gasteiger partial charge on any atom is -0.193 e. The lowest BCUT2D eigenvalue weighted by Gasteiger charge is -1.87. The number of hydrogen-bond donors (Lipinski definition) is 0. The zero-order valence-corrected chi connectivity index (χ0v) is 6.64. The van der Waals surface area contributed by atoms with Gasteiger partial charge in [0, 0.05) is 6.08 Å². The summed E-state index contributed by atoms with van der Waals surface area (Å²) in [6.45, 7) is 0. The van der Waals surface area contributed by atoms with Gasteiger partial charge in [-0.25, -0.2) is 0 Å². The Hall–Kier alpha value is -1.81. The second-order valence-electron chi connectivity index (χ2n) is 2.26. The molecule has 58 valence electrons. The summed E-state index contributed by atoms with van der Waals surface area (Å²) in [5, 5.41) is 8.19. The molecule has 0 aliphatic heterocycles. The number of allylic oxidation sites excluding steroid dienone is 3. The van der Waals surface area contributed by atoms with Crippen LogP contribution in [0.2, 0.25) is 0 Å². The third-order valence-electron chi connectivity index (χ3n) is 1.37. The van der Waals surface area contributed by atoms with E-state index in [1.54, 1.807) is 6.08 Å². The molecule has 0 spiro atoms. The van der Waals surface area contributed by atoms with Crippen molar-refractivity contribution in [2.75, 3.05) is 0 Å². The highest BCUT2D eigenvalue weighted by atomic mass is 14.2. The highest BCUT2D eigenvalue weighted by Crippen LogP contribution is 2.00. The lowest BCUT2D eigenvalue weighted by Crippen LogP contribution is -1.66. The Labute approximate surface area is 72.3 Å². The molecule has 1 aromatic carbocycles. The smallest absolute Gasteiger partial charge is 0.0912 e. The van der Waals surface area contributed by atoms with Crippen LogP contribution >= 0.6 is 0 Å². The maximum absolute atomic E-state index is 8.19. The van der Waals surface area contributed by atoms with Crippen LogP contribution in [0.25, 0.3) is 6.08 Å². The minimum atomic E-state index is 1.14. The van der Waals surface area contributed by atoms with Crippen molar-refractivity contribution in [2.45, 2.75) is 0 Å². The van der Waals surface area contributed by atoms with Crippen LogP contribution in [-0.2, 0) is 0 Å². The first-order chi connectivity index (χ1) is 5.93. The highest BCUT2D eigenvalue weighted by molar-refractivity contribution is 5.50. The van der Waals surface area contributed by atoms with E-state index >= 15 is 0 Å². The maximum Gasteiger partial charge on any atom is 0.0912 e. The van der Waals surface area contributed by atoms with Crippen molar-refractivity contribution in [3.63, 3.8) is 0 Å². The SMILES string of the molecule is N#CC=CC=Cc1ccccc1. The second-order valence-corrected chi connectivity index (χ2v) is 2.26. The fourth-order valence-electron chi connectivity index (χ4n) is 0.829. The largest absolute Gasteiger partial charge is 0.193 e. The molecule has 0 atom stereocenters. The third kappa shape index (κ3) is 2.85. The van der Waals surface area contributed by atoms with Crippen molar-refractivity contribution < 1.29 is 0 Å². The number of nitrogens with zero attached hydrogens (tertiary/aromatic N) is 1. The highest BCUT2D eigenvalue weighted by Gasteiger charge is 1.78. The summed E-state index contributed by atoms with van der Waals surface area (Å²) in [6, 6.07) is 11.9. The fraction of sp³-hybridized carbons (Fsp3) is 0. The molecule has 0 amide bonds. The van der Waals surface area contributed by atoms with Gasteiger partial charge < -0.3 is 0 Å². The van der Waals surface area contributed by atoms with E-state index in [0.717, 1.165) is 5.56 Å². The molecule has 0 radical (unpaired) electrons. The van der Waals surface area contributed by atoms with Crippen LogP contribution in [0, 0.1) is 11.3 Å². The van der Waals surface area contributed by atoms with Gasteiger partial charge in [-0.2, -0.15) is 5.26 Å². The van der Waals surface area contributed by atoms with Crippen molar-refractivity contribution >= 4 is 6.08 Å². The second kappa shape index (κ2) is 4.92. The zero-order valence-electron chi connectivity index (χ0n) is 6.64. The molecule has 12 heavy (non-hydrogen) atoms. The van der Waals surface area contributed by atoms with Crippen molar-refractivity contribution in [3.8, 4) is 6.07 Å². The molecule has 1 aromatic rings. The van der Waals surface area contributed by atoms with E-state index in [4.69, 9.17) is 5.26 Å². The monoisotopic (exact) mass is 155 g/mol. The Morgan fingerprint density at radius 1 is 1.08 bits per heavy atom. The Morgan fingerprint density at radius 3 is 2.50 bits per heavy atom. The van der Waals surface area contributed by atoms with Gasteiger partial charge in [-0.1, -0.05) is 48.6 Å². The molecule has 0 N–H and O–H groups in total. The Bertz CT molecular complexity index is 315. The molecule has 1 heteroatoms. The topological polar surface area (TPSA) is 23.8 Å². The summed E-state index contributed by atoms with van der Waals surface area (Å²) in [5.74, 6) is 0. The van der Waals surface area contributed by atoms with E-state index in [9.17, 15) is 0 Å². The lowest BCUT2D eigenvalue weighted by molar-refractivity contribution is 1.53. The number of rotatable bonds is 2. The van der Waals surface area contributed by atoms with Crippen LogP contribution in [-0.4, -0.2) is 0 Å². The summed E-state index contributed by atoms with van der Waals surface area (Å²) >= 11 is 0. The van der Waals surface area contributed by atoms with Crippen LogP contribution in [0.5, 0.6) is 0 Å². The summed E-state index contributed by atoms with van der Waals surface area (Å²) in [6.07, 6.45) is 6.96. The van der Waals surface area contributed by atoms with Crippen molar-refractivity contribution in [2.24, 2.45) is 0 Å². The van der Waals surface area contributed by atoms with Crippen LogP contribution in [0.3, 0.4) is 0 Å². The standard InChI is InChI=1S/C11H9N/c12-10-6-2-5-9-11-7-3-1-4-8-11/h1-9H. The average Bonchev–Trinajstić information content (AvgIpc) is 2.14. The Kier molecular flexibility index (Phi) is 3.40. The van der Waals surface area contributed by atoms with Crippen LogP contribution in [0.15, 0.2) is 48.6 Å². The predicted molar refractivity (Wildman–Crippen MR) is 50.2 cm³/mol. The molecule has 1 nitrogen and oxygen atoms in total. The summed E-state index contributed by atoms with van der Waals surface area (Å²) in [5.41, 5.74) is 1.14. The molecule has 0 aliphatic carbocycles. The number of benzene rings is 1. The quantitative estimate of drug-likeness (QED) is 0.476. The van der Waals surface area contributed by atoms with E-state index in [-0.39, 0.29) is 0 Å². The van der Waals surface area contributed by atoms with Gasteiger partial charge in [-0.05, 0) is 5.56 Å². The van der Waals surface area contributed by atoms with E-state index in [0.29, 0.717) is 0 Å². The molecule has 0 heterocycles. The predicted octanol–water partition coefficient (Wildman–Crippen LogP) is 2.78. The van der Waals surface area contributed by atoms with E-state index in [1.807, 2.05) is 48.6 Å². The van der Waals surface area contributed by atoms with E-state index in [2.05, 4.69) is 0 Å². The molecular weight excluding hydrogens is 146 g/mol. The Morgan fingerprint density at radius 2 is 1.83 bits per heavy atom. The summed E-state index contributed by atoms with van der Waals surface area (Å²) in [4.78, 5) is 0. The molecule has 0 fully saturated rings. The van der Waals surface area contributed by atoms with Gasteiger partial charge in [0.1, 0.15) is 0 Å². The third-order valence-corrected chi connectivity index (χ3v) is 1.37. The summed E-state index contributed by atoms with van der Waals surface area (Å²) < 4.78 is 0. The van der Waals surface area contributed by atoms with Crippen LogP contribution in [0.1, 0.15) is 5.56 Å². The first-order valence-electron chi connectivity index (χ1n) is 3.71. The van der Waals surface area contributed by atoms with Gasteiger partial charge >= 0.3 is 0 Å². The van der Waals surface area contributed by atoms with Gasteiger partial charge in [-0.3, -0.25) is 0 Å². The molecule has 0 saturated heterocycles. The van der Waals surface area contributed by atoms with E-state index in [1.165, 1.54) is 6.08 Å². The van der Waals surface area contributed by atoms with Gasteiger partial charge in [0.15, 0.2) is 0 Å². The molecule has 0 unspecified atom stereocenters. The lowest BCUT2D eigenvalue weighted by atomic mass is 10.2. The number of hydrogen-bond acceptors (Lipinski definition) is 1. The molecular formula is C11H9N. The fourth-order valence-corrected chi connectivity index (χ4v) is 0.829. The van der Waals surface area contributed by atoms with Crippen LogP contribution in [0.4, 0.5) is 0 Å². The molecule has 0 aromatic heterocycles. The first kappa shape index (κ1) is 8.29. The molecule has 0 bridgehead atoms. The molecule has 1 rings (SSSR count). The van der Waals surface area contributed by atoms with Crippen molar-refractivity contribution in [1.82, 2.24) is 0 Å². The minimum absolute atomic E-state index is 1.14. The van der Waals surface area contributed by atoms with E-state index < -0.39 is 0 Å². The normalized spacial score (nSPS) is 10.6. The summed E-state index contributed by atoms with van der Waals surface area (Å²) in [7, 11) is 0. The van der Waals surface area contributed by atoms with Gasteiger partial charge in [-0.15, -0.1) is 0 Å². The average molecular weight is 155 g/mol. The molecule has 0 aliphatic rings. The van der Waals surface area contributed by atoms with Crippen molar-refractivity contribution in [1.29, 1.82) is 5.26 Å². The first-order valence-corrected chi connectivity index (χ1v) is 3.71. The Balaban J connectivity index is 2.59. The van der Waals surface area contributed by atoms with Gasteiger partial charge in [0.05, 0.1) is 6.07 Å². The number of nitriles is 1. The van der Waals surface area contributed by atoms with Crippen molar-refractivity contribution in [3.05, 3.63) is 54.1 Å². The maximum atomic E-state index is 8.19. The zero-order chi connectivity index (χ0) is 8.65. The van der Waals surface area contributed by atoms with Gasteiger partial charge in [0.2, 0.25) is 0 Å².